The number of aromatic amines is 1. The minimum absolute atomic E-state index is 0. The van der Waals surface area contributed by atoms with Gasteiger partial charge in [0.15, 0.2) is 5.96 Å². The molecular weight excluding hydrogens is 493 g/mol. The van der Waals surface area contributed by atoms with Crippen LogP contribution < -0.4 is 10.6 Å². The standard InChI is InChI=1S/C19H24ClN5S.HI/c1-3-21-19(23-9-7-18-25-11-13(2)26-18)22-8-6-14-12-24-17-5-4-15(20)10-16(14)17;/h4-5,10-12,24H,3,6-9H2,1-2H3,(H2,21,22,23);1H. The van der Waals surface area contributed by atoms with Crippen LogP contribution in [0.2, 0.25) is 5.02 Å². The third-order valence-electron chi connectivity index (χ3n) is 4.03. The van der Waals surface area contributed by atoms with Gasteiger partial charge in [-0.05, 0) is 44.0 Å². The molecule has 0 atom stereocenters. The first kappa shape index (κ1) is 22.0. The molecular formula is C19H25ClIN5S. The second-order valence-electron chi connectivity index (χ2n) is 6.06. The lowest BCUT2D eigenvalue weighted by Crippen LogP contribution is -2.38. The van der Waals surface area contributed by atoms with Crippen molar-refractivity contribution in [1.29, 1.82) is 0 Å². The minimum atomic E-state index is 0. The molecule has 0 amide bonds. The number of aryl methyl sites for hydroxylation is 1. The van der Waals surface area contributed by atoms with Crippen molar-refractivity contribution in [3.05, 3.63) is 51.1 Å². The number of halogens is 2. The smallest absolute Gasteiger partial charge is 0.191 e. The Kier molecular flexibility index (Phi) is 8.85. The summed E-state index contributed by atoms with van der Waals surface area (Å²) in [4.78, 5) is 13.6. The van der Waals surface area contributed by atoms with Crippen LogP contribution in [0.25, 0.3) is 10.9 Å². The van der Waals surface area contributed by atoms with Crippen LogP contribution in [0.5, 0.6) is 0 Å². The number of nitrogens with one attached hydrogen (secondary N) is 3. The molecule has 0 aliphatic carbocycles. The summed E-state index contributed by atoms with van der Waals surface area (Å²) >= 11 is 7.86. The lowest BCUT2D eigenvalue weighted by atomic mass is 10.1. The average molecular weight is 518 g/mol. The van der Waals surface area contributed by atoms with Gasteiger partial charge in [0.1, 0.15) is 0 Å². The van der Waals surface area contributed by atoms with Gasteiger partial charge in [-0.3, -0.25) is 4.99 Å². The quantitative estimate of drug-likeness (QED) is 0.245. The van der Waals surface area contributed by atoms with Gasteiger partial charge in [-0.15, -0.1) is 35.3 Å². The number of thiazole rings is 1. The highest BCUT2D eigenvalue weighted by atomic mass is 127. The normalized spacial score (nSPS) is 11.4. The Balaban J connectivity index is 0.00000261. The van der Waals surface area contributed by atoms with Crippen LogP contribution in [0, 0.1) is 6.92 Å². The SMILES string of the molecule is CCNC(=NCCc1ncc(C)s1)NCCc1c[nH]c2ccc(Cl)cc12.I. The zero-order valence-electron chi connectivity index (χ0n) is 15.5. The maximum atomic E-state index is 6.12. The summed E-state index contributed by atoms with van der Waals surface area (Å²) in [5.41, 5.74) is 2.37. The maximum Gasteiger partial charge on any atom is 0.191 e. The number of H-pyrrole nitrogens is 1. The molecule has 2 heterocycles. The molecule has 8 heteroatoms. The van der Waals surface area contributed by atoms with E-state index >= 15 is 0 Å². The Morgan fingerprint density at radius 3 is 2.89 bits per heavy atom. The van der Waals surface area contributed by atoms with E-state index in [-0.39, 0.29) is 24.0 Å². The predicted octanol–water partition coefficient (Wildman–Crippen LogP) is 4.54. The van der Waals surface area contributed by atoms with Crippen LogP contribution in [0.1, 0.15) is 22.4 Å². The van der Waals surface area contributed by atoms with Gasteiger partial charge in [0.05, 0.1) is 5.01 Å². The molecule has 0 spiro atoms. The van der Waals surface area contributed by atoms with Gasteiger partial charge in [0.2, 0.25) is 0 Å². The monoisotopic (exact) mass is 517 g/mol. The number of aliphatic imine (C=N–C) groups is 1. The van der Waals surface area contributed by atoms with Crippen LogP contribution in [-0.4, -0.2) is 35.6 Å². The minimum Gasteiger partial charge on any atom is -0.361 e. The molecule has 2 aromatic heterocycles. The number of fused-ring (bicyclic) bond motifs is 1. The highest BCUT2D eigenvalue weighted by Crippen LogP contribution is 2.22. The zero-order valence-corrected chi connectivity index (χ0v) is 19.4. The molecule has 0 aliphatic heterocycles. The number of guanidine groups is 1. The van der Waals surface area contributed by atoms with Crippen LogP contribution in [0.15, 0.2) is 35.6 Å². The van der Waals surface area contributed by atoms with Crippen LogP contribution in [0.4, 0.5) is 0 Å². The number of aromatic nitrogens is 2. The van der Waals surface area contributed by atoms with Crippen molar-refractivity contribution in [2.24, 2.45) is 4.99 Å². The first-order valence-corrected chi connectivity index (χ1v) is 10.0. The van der Waals surface area contributed by atoms with Gasteiger partial charge in [-0.25, -0.2) is 4.98 Å². The van der Waals surface area contributed by atoms with E-state index in [1.807, 2.05) is 24.4 Å². The summed E-state index contributed by atoms with van der Waals surface area (Å²) in [6, 6.07) is 5.93. The largest absolute Gasteiger partial charge is 0.361 e. The summed E-state index contributed by atoms with van der Waals surface area (Å²) in [7, 11) is 0. The molecule has 0 unspecified atom stereocenters. The lowest BCUT2D eigenvalue weighted by Gasteiger charge is -2.11. The number of hydrogen-bond donors (Lipinski definition) is 3. The van der Waals surface area contributed by atoms with E-state index in [4.69, 9.17) is 11.6 Å². The molecule has 0 saturated heterocycles. The van der Waals surface area contributed by atoms with Gasteiger partial charge in [-0.2, -0.15) is 0 Å². The van der Waals surface area contributed by atoms with Gasteiger partial charge in [-0.1, -0.05) is 11.6 Å². The fourth-order valence-corrected chi connectivity index (χ4v) is 3.74. The van der Waals surface area contributed by atoms with Crippen LogP contribution in [-0.2, 0) is 12.8 Å². The van der Waals surface area contributed by atoms with Crippen molar-refractivity contribution >= 4 is 63.8 Å². The number of hydrogen-bond acceptors (Lipinski definition) is 3. The van der Waals surface area contributed by atoms with Gasteiger partial charge in [0.25, 0.3) is 0 Å². The lowest BCUT2D eigenvalue weighted by molar-refractivity contribution is 0.798. The third-order valence-corrected chi connectivity index (χ3v) is 5.23. The molecule has 3 rings (SSSR count). The molecule has 3 N–H and O–H groups in total. The summed E-state index contributed by atoms with van der Waals surface area (Å²) in [6.45, 7) is 6.52. The van der Waals surface area contributed by atoms with E-state index in [0.717, 1.165) is 54.0 Å². The second-order valence-corrected chi connectivity index (χ2v) is 7.81. The molecule has 1 aromatic carbocycles. The Hall–Kier alpha value is -1.32. The molecule has 27 heavy (non-hydrogen) atoms. The molecule has 3 aromatic rings. The van der Waals surface area contributed by atoms with Crippen molar-refractivity contribution in [2.75, 3.05) is 19.6 Å². The number of benzene rings is 1. The van der Waals surface area contributed by atoms with Crippen molar-refractivity contribution in [3.63, 3.8) is 0 Å². The van der Waals surface area contributed by atoms with Crippen LogP contribution >= 0.6 is 46.9 Å². The number of rotatable bonds is 7. The summed E-state index contributed by atoms with van der Waals surface area (Å²) in [5, 5.41) is 9.78. The highest BCUT2D eigenvalue weighted by molar-refractivity contribution is 14.0. The van der Waals surface area contributed by atoms with Crippen molar-refractivity contribution in [3.8, 4) is 0 Å². The summed E-state index contributed by atoms with van der Waals surface area (Å²) < 4.78 is 0. The Labute approximate surface area is 186 Å². The third kappa shape index (κ3) is 6.36. The molecule has 0 radical (unpaired) electrons. The summed E-state index contributed by atoms with van der Waals surface area (Å²) in [6.07, 6.45) is 5.74. The van der Waals surface area contributed by atoms with Crippen LogP contribution in [0.3, 0.4) is 0 Å². The Morgan fingerprint density at radius 2 is 2.15 bits per heavy atom. The second kappa shape index (κ2) is 10.9. The Morgan fingerprint density at radius 1 is 1.30 bits per heavy atom. The maximum absolute atomic E-state index is 6.12. The molecule has 0 fully saturated rings. The molecule has 0 aliphatic rings. The van der Waals surface area contributed by atoms with E-state index < -0.39 is 0 Å². The van der Waals surface area contributed by atoms with E-state index in [1.54, 1.807) is 11.3 Å². The van der Waals surface area contributed by atoms with E-state index in [1.165, 1.54) is 15.8 Å². The average Bonchev–Trinajstić information content (AvgIpc) is 3.21. The Bertz CT molecular complexity index is 889. The van der Waals surface area contributed by atoms with Crippen molar-refractivity contribution in [2.45, 2.75) is 26.7 Å². The number of nitrogens with zero attached hydrogens (tertiary/aromatic N) is 2. The zero-order chi connectivity index (χ0) is 18.4. The van der Waals surface area contributed by atoms with E-state index in [2.05, 4.69) is 45.6 Å². The van der Waals surface area contributed by atoms with Gasteiger partial charge >= 0.3 is 0 Å². The molecule has 0 bridgehead atoms. The molecule has 0 saturated carbocycles. The topological polar surface area (TPSA) is 65.1 Å². The fraction of sp³-hybridized carbons (Fsp3) is 0.368. The van der Waals surface area contributed by atoms with E-state index in [9.17, 15) is 0 Å². The highest BCUT2D eigenvalue weighted by Gasteiger charge is 2.05. The van der Waals surface area contributed by atoms with Gasteiger partial charge in [0, 0.05) is 59.3 Å². The van der Waals surface area contributed by atoms with Crippen molar-refractivity contribution < 1.29 is 0 Å². The summed E-state index contributed by atoms with van der Waals surface area (Å²) in [5.74, 6) is 0.846. The van der Waals surface area contributed by atoms with Gasteiger partial charge < -0.3 is 15.6 Å². The first-order valence-electron chi connectivity index (χ1n) is 8.84. The van der Waals surface area contributed by atoms with E-state index in [0.29, 0.717) is 0 Å². The molecule has 146 valence electrons. The molecule has 5 nitrogen and oxygen atoms in total. The first-order chi connectivity index (χ1) is 12.7. The van der Waals surface area contributed by atoms with Crippen molar-refractivity contribution in [1.82, 2.24) is 20.6 Å². The fourth-order valence-electron chi connectivity index (χ4n) is 2.80. The predicted molar refractivity (Wildman–Crippen MR) is 127 cm³/mol.